The maximum atomic E-state index is 13.1. The second-order valence-corrected chi connectivity index (χ2v) is 5.13. The van der Waals surface area contributed by atoms with E-state index in [9.17, 15) is 4.39 Å². The van der Waals surface area contributed by atoms with Gasteiger partial charge in [-0.15, -0.1) is 0 Å². The Balaban J connectivity index is 2.01. The molecule has 3 fully saturated rings. The van der Waals surface area contributed by atoms with Gasteiger partial charge in [0, 0.05) is 11.0 Å². The van der Waals surface area contributed by atoms with Crippen LogP contribution in [0.4, 0.5) is 4.39 Å². The lowest BCUT2D eigenvalue weighted by Gasteiger charge is -2.69. The number of nitrogens with two attached hydrogens (primary N) is 1. The Morgan fingerprint density at radius 3 is 2.50 bits per heavy atom. The average molecular weight is 191 g/mol. The fourth-order valence-electron chi connectivity index (χ4n) is 3.32. The first-order chi connectivity index (χ1) is 6.53. The summed E-state index contributed by atoms with van der Waals surface area (Å²) >= 11 is 0. The van der Waals surface area contributed by atoms with Gasteiger partial charge < -0.3 is 5.73 Å². The van der Waals surface area contributed by atoms with Gasteiger partial charge in [-0.1, -0.05) is 6.07 Å². The van der Waals surface area contributed by atoms with E-state index in [1.165, 1.54) is 17.2 Å². The van der Waals surface area contributed by atoms with Crippen LogP contribution in [-0.4, -0.2) is 5.54 Å². The van der Waals surface area contributed by atoms with Gasteiger partial charge >= 0.3 is 0 Å². The summed E-state index contributed by atoms with van der Waals surface area (Å²) in [4.78, 5) is 0. The molecule has 1 aromatic carbocycles. The molecule has 0 atom stereocenters. The van der Waals surface area contributed by atoms with Gasteiger partial charge in [0.2, 0.25) is 0 Å². The minimum absolute atomic E-state index is 0.0960. The van der Waals surface area contributed by atoms with Gasteiger partial charge in [-0.2, -0.15) is 0 Å². The molecule has 3 aliphatic carbocycles. The van der Waals surface area contributed by atoms with Gasteiger partial charge in [-0.05, 0) is 49.4 Å². The highest BCUT2D eigenvalue weighted by molar-refractivity contribution is 5.45. The van der Waals surface area contributed by atoms with Crippen molar-refractivity contribution in [3.05, 3.63) is 35.1 Å². The van der Waals surface area contributed by atoms with Crippen molar-refractivity contribution in [1.29, 1.82) is 0 Å². The Labute approximate surface area is 83.1 Å². The largest absolute Gasteiger partial charge is 0.325 e. The summed E-state index contributed by atoms with van der Waals surface area (Å²) < 4.78 is 13.1. The minimum Gasteiger partial charge on any atom is -0.325 e. The van der Waals surface area contributed by atoms with E-state index in [4.69, 9.17) is 5.73 Å². The zero-order valence-electron chi connectivity index (χ0n) is 8.31. The molecule has 74 valence electrons. The lowest BCUT2D eigenvalue weighted by Crippen LogP contribution is -2.74. The highest BCUT2D eigenvalue weighted by Crippen LogP contribution is 2.66. The molecule has 0 amide bonds. The summed E-state index contributed by atoms with van der Waals surface area (Å²) in [7, 11) is 0. The van der Waals surface area contributed by atoms with Crippen molar-refractivity contribution in [3.63, 3.8) is 0 Å². The zero-order valence-corrected chi connectivity index (χ0v) is 8.31. The molecule has 0 aromatic heterocycles. The molecule has 14 heavy (non-hydrogen) atoms. The Hall–Kier alpha value is -0.890. The number of hydrogen-bond acceptors (Lipinski definition) is 1. The highest BCUT2D eigenvalue weighted by Gasteiger charge is 2.66. The fraction of sp³-hybridized carbons (Fsp3) is 0.500. The van der Waals surface area contributed by atoms with Gasteiger partial charge in [0.15, 0.2) is 0 Å². The summed E-state index contributed by atoms with van der Waals surface area (Å²) in [5, 5.41) is 0. The van der Waals surface area contributed by atoms with E-state index < -0.39 is 0 Å². The fourth-order valence-corrected chi connectivity index (χ4v) is 3.32. The van der Waals surface area contributed by atoms with E-state index in [2.05, 4.69) is 6.92 Å². The van der Waals surface area contributed by atoms with Crippen molar-refractivity contribution < 1.29 is 4.39 Å². The Morgan fingerprint density at radius 2 is 1.93 bits per heavy atom. The number of rotatable bonds is 1. The monoisotopic (exact) mass is 191 g/mol. The van der Waals surface area contributed by atoms with Crippen LogP contribution in [0.1, 0.15) is 30.4 Å². The lowest BCUT2D eigenvalue weighted by atomic mass is 9.37. The van der Waals surface area contributed by atoms with Crippen molar-refractivity contribution in [2.45, 2.75) is 37.1 Å². The van der Waals surface area contributed by atoms with E-state index in [1.807, 2.05) is 6.07 Å². The second-order valence-electron chi connectivity index (χ2n) is 5.13. The summed E-state index contributed by atoms with van der Waals surface area (Å²) in [5.74, 6) is -0.124. The zero-order chi connectivity index (χ0) is 9.97. The van der Waals surface area contributed by atoms with E-state index in [-0.39, 0.29) is 16.8 Å². The van der Waals surface area contributed by atoms with E-state index in [0.717, 1.165) is 19.3 Å². The van der Waals surface area contributed by atoms with Crippen LogP contribution >= 0.6 is 0 Å². The first-order valence-corrected chi connectivity index (χ1v) is 5.09. The molecule has 0 radical (unpaired) electrons. The molecular formula is C12H14FN. The lowest BCUT2D eigenvalue weighted by molar-refractivity contribution is -0.0595. The van der Waals surface area contributed by atoms with Crippen molar-refractivity contribution in [1.82, 2.24) is 0 Å². The van der Waals surface area contributed by atoms with E-state index in [1.54, 1.807) is 6.07 Å². The molecule has 2 bridgehead atoms. The smallest absolute Gasteiger partial charge is 0.123 e. The summed E-state index contributed by atoms with van der Waals surface area (Å²) in [6, 6.07) is 5.09. The van der Waals surface area contributed by atoms with Crippen LogP contribution in [-0.2, 0) is 5.41 Å². The number of benzene rings is 1. The van der Waals surface area contributed by atoms with Crippen molar-refractivity contribution in [2.75, 3.05) is 0 Å². The van der Waals surface area contributed by atoms with Crippen LogP contribution in [0.2, 0.25) is 0 Å². The van der Waals surface area contributed by atoms with E-state index >= 15 is 0 Å². The maximum absolute atomic E-state index is 13.1. The molecule has 3 saturated carbocycles. The molecule has 2 N–H and O–H groups in total. The molecule has 2 heteroatoms. The molecule has 0 unspecified atom stereocenters. The predicted molar refractivity (Wildman–Crippen MR) is 53.6 cm³/mol. The predicted octanol–water partition coefficient (Wildman–Crippen LogP) is 2.27. The Bertz CT molecular complexity index is 391. The molecule has 0 spiro atoms. The topological polar surface area (TPSA) is 26.0 Å². The summed E-state index contributed by atoms with van der Waals surface area (Å²) in [5.41, 5.74) is 8.72. The molecule has 0 saturated heterocycles. The third kappa shape index (κ3) is 0.871. The van der Waals surface area contributed by atoms with Crippen LogP contribution < -0.4 is 5.73 Å². The molecule has 3 aliphatic rings. The van der Waals surface area contributed by atoms with Gasteiger partial charge in [0.1, 0.15) is 5.82 Å². The summed E-state index contributed by atoms with van der Waals surface area (Å²) in [6.07, 6.45) is 3.14. The molecule has 1 nitrogen and oxygen atoms in total. The molecular weight excluding hydrogens is 177 g/mol. The normalized spacial score (nSPS) is 38.8. The molecule has 4 rings (SSSR count). The van der Waals surface area contributed by atoms with E-state index in [0.29, 0.717) is 0 Å². The van der Waals surface area contributed by atoms with Crippen molar-refractivity contribution >= 4 is 0 Å². The van der Waals surface area contributed by atoms with Gasteiger partial charge in [-0.3, -0.25) is 0 Å². The average Bonchev–Trinajstić information content (AvgIpc) is 2.02. The molecule has 0 aliphatic heterocycles. The van der Waals surface area contributed by atoms with Crippen LogP contribution in [0, 0.1) is 12.7 Å². The van der Waals surface area contributed by atoms with Crippen LogP contribution in [0.5, 0.6) is 0 Å². The van der Waals surface area contributed by atoms with Crippen molar-refractivity contribution in [3.8, 4) is 0 Å². The Morgan fingerprint density at radius 1 is 1.29 bits per heavy atom. The summed E-state index contributed by atoms with van der Waals surface area (Å²) in [6.45, 7) is 2.05. The first-order valence-electron chi connectivity index (χ1n) is 5.09. The third-order valence-electron chi connectivity index (χ3n) is 3.84. The van der Waals surface area contributed by atoms with Crippen LogP contribution in [0.25, 0.3) is 0 Å². The van der Waals surface area contributed by atoms with Gasteiger partial charge in [0.25, 0.3) is 0 Å². The quantitative estimate of drug-likeness (QED) is 0.724. The molecule has 1 aromatic rings. The van der Waals surface area contributed by atoms with Gasteiger partial charge in [-0.25, -0.2) is 4.39 Å². The highest BCUT2D eigenvalue weighted by atomic mass is 19.1. The maximum Gasteiger partial charge on any atom is 0.123 e. The third-order valence-corrected chi connectivity index (χ3v) is 3.84. The number of hydrogen-bond donors (Lipinski definition) is 1. The van der Waals surface area contributed by atoms with Crippen LogP contribution in [0.3, 0.4) is 0 Å². The SMILES string of the molecule is Cc1ccc(F)cc1C12CC(N)(C1)C2. The Kier molecular flexibility index (Phi) is 1.32. The standard InChI is InChI=1S/C12H14FN/c1-8-2-3-9(13)4-10(8)11-5-12(14,6-11)7-11/h2-4H,5-7,14H2,1H3. The number of halogens is 1. The van der Waals surface area contributed by atoms with Gasteiger partial charge in [0.05, 0.1) is 0 Å². The first kappa shape index (κ1) is 8.42. The molecule has 0 heterocycles. The second kappa shape index (κ2) is 2.19. The van der Waals surface area contributed by atoms with Crippen molar-refractivity contribution in [2.24, 2.45) is 5.73 Å². The minimum atomic E-state index is -0.124. The number of aryl methyl sites for hydroxylation is 1. The van der Waals surface area contributed by atoms with Crippen LogP contribution in [0.15, 0.2) is 18.2 Å².